The zero-order chi connectivity index (χ0) is 21.7. The van der Waals surface area contributed by atoms with Crippen molar-refractivity contribution in [3.05, 3.63) is 51.3 Å². The number of nitrogens with zero attached hydrogens (tertiary/aromatic N) is 2. The molecule has 0 spiro atoms. The molecule has 8 heteroatoms. The van der Waals surface area contributed by atoms with Crippen LogP contribution in [0.3, 0.4) is 0 Å². The first-order chi connectivity index (χ1) is 14.3. The number of nitrogens with one attached hydrogen (secondary N) is 2. The van der Waals surface area contributed by atoms with E-state index >= 15 is 0 Å². The Labute approximate surface area is 176 Å². The largest absolute Gasteiger partial charge is 0.359 e. The quantitative estimate of drug-likeness (QED) is 0.724. The summed E-state index contributed by atoms with van der Waals surface area (Å²) in [4.78, 5) is 38.5. The summed E-state index contributed by atoms with van der Waals surface area (Å²) in [5.74, 6) is -0.221. The highest BCUT2D eigenvalue weighted by atomic mass is 16.5. The molecule has 0 radical (unpaired) electrons. The van der Waals surface area contributed by atoms with E-state index in [1.807, 2.05) is 18.4 Å². The third-order valence-electron chi connectivity index (χ3n) is 5.30. The molecule has 1 saturated carbocycles. The smallest absolute Gasteiger partial charge is 0.257 e. The highest BCUT2D eigenvalue weighted by Crippen LogP contribution is 2.28. The van der Waals surface area contributed by atoms with Crippen LogP contribution >= 0.6 is 0 Å². The number of hydrogen-bond acceptors (Lipinski definition) is 5. The Morgan fingerprint density at radius 1 is 1.13 bits per heavy atom. The van der Waals surface area contributed by atoms with Crippen molar-refractivity contribution in [1.82, 2.24) is 20.4 Å². The van der Waals surface area contributed by atoms with Crippen LogP contribution in [0.25, 0.3) is 0 Å². The molecule has 2 amide bonds. The fraction of sp³-hybridized carbons (Fsp3) is 0.545. The van der Waals surface area contributed by atoms with Crippen LogP contribution in [0.2, 0.25) is 0 Å². The van der Waals surface area contributed by atoms with Crippen molar-refractivity contribution >= 4 is 11.8 Å². The van der Waals surface area contributed by atoms with Crippen LogP contribution in [0, 0.1) is 12.8 Å². The summed E-state index contributed by atoms with van der Waals surface area (Å²) in [6.45, 7) is 6.33. The average molecular weight is 415 g/mol. The maximum atomic E-state index is 13.0. The molecule has 2 aromatic rings. The van der Waals surface area contributed by atoms with E-state index in [9.17, 15) is 14.4 Å². The van der Waals surface area contributed by atoms with Gasteiger partial charge in [-0.15, -0.1) is 0 Å². The summed E-state index contributed by atoms with van der Waals surface area (Å²) in [5, 5.41) is 9.27. The first-order valence-electron chi connectivity index (χ1n) is 10.6. The lowest BCUT2D eigenvalue weighted by atomic mass is 9.95. The van der Waals surface area contributed by atoms with Gasteiger partial charge in [0.15, 0.2) is 5.76 Å². The van der Waals surface area contributed by atoms with Gasteiger partial charge in [0.05, 0.1) is 12.2 Å². The molecular formula is C22H30N4O4. The first kappa shape index (κ1) is 21.8. The van der Waals surface area contributed by atoms with Crippen LogP contribution in [0.5, 0.6) is 0 Å². The Bertz CT molecular complexity index is 954. The van der Waals surface area contributed by atoms with Gasteiger partial charge in [-0.1, -0.05) is 38.3 Å². The second-order valence-corrected chi connectivity index (χ2v) is 8.37. The SMILES string of the molecule is Cc1cc(CNC(=O)c2cn(C3CCCCC3)cc(C(=O)NCC(C)C)c2=O)on1. The lowest BCUT2D eigenvalue weighted by Gasteiger charge is -2.25. The van der Waals surface area contributed by atoms with Crippen molar-refractivity contribution in [2.75, 3.05) is 6.54 Å². The van der Waals surface area contributed by atoms with Crippen LogP contribution in [0.4, 0.5) is 0 Å². The Morgan fingerprint density at radius 2 is 1.77 bits per heavy atom. The number of aromatic nitrogens is 2. The predicted octanol–water partition coefficient (Wildman–Crippen LogP) is 2.97. The maximum absolute atomic E-state index is 13.0. The van der Waals surface area contributed by atoms with Gasteiger partial charge in [0.2, 0.25) is 5.43 Å². The molecule has 1 aliphatic rings. The van der Waals surface area contributed by atoms with Crippen molar-refractivity contribution in [2.24, 2.45) is 5.92 Å². The lowest BCUT2D eigenvalue weighted by Crippen LogP contribution is -2.36. The standard InChI is InChI=1S/C22H30N4O4/c1-14(2)10-23-21(28)18-12-26(16-7-5-4-6-8-16)13-19(20(18)27)22(29)24-11-17-9-15(3)25-30-17/h9,12-14,16H,4-8,10-11H2,1-3H3,(H,23,28)(H,24,29). The molecule has 0 bridgehead atoms. The number of pyridine rings is 1. The Balaban J connectivity index is 1.89. The number of hydrogen-bond donors (Lipinski definition) is 2. The summed E-state index contributed by atoms with van der Waals surface area (Å²) in [5.41, 5.74) is 0.121. The van der Waals surface area contributed by atoms with Gasteiger partial charge >= 0.3 is 0 Å². The van der Waals surface area contributed by atoms with E-state index in [-0.39, 0.29) is 29.6 Å². The molecule has 3 rings (SSSR count). The van der Waals surface area contributed by atoms with Gasteiger partial charge < -0.3 is 19.7 Å². The van der Waals surface area contributed by atoms with E-state index in [0.717, 1.165) is 25.7 Å². The fourth-order valence-electron chi connectivity index (χ4n) is 3.67. The van der Waals surface area contributed by atoms with Crippen molar-refractivity contribution in [3.63, 3.8) is 0 Å². The number of carbonyl (C=O) groups excluding carboxylic acids is 2. The van der Waals surface area contributed by atoms with Gasteiger partial charge in [0.1, 0.15) is 11.1 Å². The molecule has 2 heterocycles. The molecule has 0 atom stereocenters. The predicted molar refractivity (Wildman–Crippen MR) is 112 cm³/mol. The van der Waals surface area contributed by atoms with Crippen LogP contribution in [0.15, 0.2) is 27.8 Å². The summed E-state index contributed by atoms with van der Waals surface area (Å²) in [6.07, 6.45) is 8.49. The Kier molecular flexibility index (Phi) is 7.07. The molecule has 162 valence electrons. The van der Waals surface area contributed by atoms with E-state index in [1.54, 1.807) is 25.4 Å². The van der Waals surface area contributed by atoms with Gasteiger partial charge in [-0.2, -0.15) is 0 Å². The Morgan fingerprint density at radius 3 is 2.33 bits per heavy atom. The molecule has 8 nitrogen and oxygen atoms in total. The van der Waals surface area contributed by atoms with E-state index in [1.165, 1.54) is 6.42 Å². The van der Waals surface area contributed by atoms with Crippen LogP contribution in [0.1, 0.15) is 84.2 Å². The second-order valence-electron chi connectivity index (χ2n) is 8.37. The van der Waals surface area contributed by atoms with Gasteiger partial charge in [-0.3, -0.25) is 14.4 Å². The number of amides is 2. The zero-order valence-corrected chi connectivity index (χ0v) is 17.9. The maximum Gasteiger partial charge on any atom is 0.257 e. The van der Waals surface area contributed by atoms with E-state index in [2.05, 4.69) is 15.8 Å². The van der Waals surface area contributed by atoms with Crippen molar-refractivity contribution in [1.29, 1.82) is 0 Å². The molecule has 0 aliphatic heterocycles. The van der Waals surface area contributed by atoms with Gasteiger partial charge in [0, 0.05) is 31.0 Å². The first-order valence-corrected chi connectivity index (χ1v) is 10.6. The van der Waals surface area contributed by atoms with Gasteiger partial charge in [-0.05, 0) is 25.7 Å². The topological polar surface area (TPSA) is 106 Å². The van der Waals surface area contributed by atoms with Crippen LogP contribution in [-0.2, 0) is 6.54 Å². The highest BCUT2D eigenvalue weighted by molar-refractivity contribution is 5.99. The molecule has 1 aliphatic carbocycles. The summed E-state index contributed by atoms with van der Waals surface area (Å²) >= 11 is 0. The lowest BCUT2D eigenvalue weighted by molar-refractivity contribution is 0.0943. The molecule has 0 unspecified atom stereocenters. The molecule has 2 aromatic heterocycles. The molecule has 0 saturated heterocycles. The fourth-order valence-corrected chi connectivity index (χ4v) is 3.67. The Hall–Kier alpha value is -2.90. The van der Waals surface area contributed by atoms with Gasteiger partial charge in [-0.25, -0.2) is 0 Å². The zero-order valence-electron chi connectivity index (χ0n) is 17.9. The average Bonchev–Trinajstić information content (AvgIpc) is 3.16. The monoisotopic (exact) mass is 414 g/mol. The summed E-state index contributed by atoms with van der Waals surface area (Å²) in [6, 6.07) is 1.90. The third kappa shape index (κ3) is 5.37. The summed E-state index contributed by atoms with van der Waals surface area (Å²) < 4.78 is 6.98. The minimum atomic E-state index is -0.561. The number of carbonyl (C=O) groups is 2. The molecule has 2 N–H and O–H groups in total. The van der Waals surface area contributed by atoms with Crippen molar-refractivity contribution in [2.45, 2.75) is 65.5 Å². The second kappa shape index (κ2) is 9.73. The molecule has 0 aromatic carbocycles. The van der Waals surface area contributed by atoms with E-state index in [4.69, 9.17) is 4.52 Å². The normalized spacial score (nSPS) is 14.7. The third-order valence-corrected chi connectivity index (χ3v) is 5.30. The van der Waals surface area contributed by atoms with Crippen molar-refractivity contribution in [3.8, 4) is 0 Å². The summed E-state index contributed by atoms with van der Waals surface area (Å²) in [7, 11) is 0. The van der Waals surface area contributed by atoms with Gasteiger partial charge in [0.25, 0.3) is 11.8 Å². The molecule has 30 heavy (non-hydrogen) atoms. The number of aryl methyl sites for hydroxylation is 1. The van der Waals surface area contributed by atoms with E-state index in [0.29, 0.717) is 18.0 Å². The van der Waals surface area contributed by atoms with E-state index < -0.39 is 17.2 Å². The van der Waals surface area contributed by atoms with Crippen LogP contribution in [-0.4, -0.2) is 28.1 Å². The molecular weight excluding hydrogens is 384 g/mol. The molecule has 1 fully saturated rings. The number of rotatable bonds is 7. The van der Waals surface area contributed by atoms with Crippen molar-refractivity contribution < 1.29 is 14.1 Å². The van der Waals surface area contributed by atoms with Crippen LogP contribution < -0.4 is 16.1 Å². The minimum absolute atomic E-state index is 0.00406. The highest BCUT2D eigenvalue weighted by Gasteiger charge is 2.23. The minimum Gasteiger partial charge on any atom is -0.359 e.